The summed E-state index contributed by atoms with van der Waals surface area (Å²) in [6, 6.07) is 3.22. The fourth-order valence-corrected chi connectivity index (χ4v) is 4.31. The summed E-state index contributed by atoms with van der Waals surface area (Å²) in [5.41, 5.74) is 1.23. The van der Waals surface area contributed by atoms with Gasteiger partial charge in [0, 0.05) is 11.6 Å². The van der Waals surface area contributed by atoms with E-state index in [-0.39, 0.29) is 4.90 Å². The molecule has 1 aromatic carbocycles. The first-order valence-electron chi connectivity index (χ1n) is 7.77. The fraction of sp³-hybridized carbons (Fsp3) is 0.600. The molecular formula is C15H24ClN3O3S. The first kappa shape index (κ1) is 18.5. The first-order chi connectivity index (χ1) is 10.8. The van der Waals surface area contributed by atoms with Crippen LogP contribution >= 0.6 is 11.6 Å². The van der Waals surface area contributed by atoms with Crippen LogP contribution < -0.4 is 5.32 Å². The number of sulfonamides is 1. The van der Waals surface area contributed by atoms with Crippen molar-refractivity contribution in [3.63, 3.8) is 0 Å². The van der Waals surface area contributed by atoms with E-state index in [4.69, 9.17) is 16.4 Å². The minimum absolute atomic E-state index is 0.195. The second-order valence-corrected chi connectivity index (χ2v) is 7.70. The van der Waals surface area contributed by atoms with E-state index in [1.807, 2.05) is 0 Å². The zero-order valence-corrected chi connectivity index (χ0v) is 15.5. The summed E-state index contributed by atoms with van der Waals surface area (Å²) in [6.45, 7) is 10.4. The summed E-state index contributed by atoms with van der Waals surface area (Å²) >= 11 is 6.09. The Balaban J connectivity index is 2.20. The Morgan fingerprint density at radius 3 is 2.61 bits per heavy atom. The van der Waals surface area contributed by atoms with Crippen LogP contribution in [-0.2, 0) is 14.9 Å². The lowest BCUT2D eigenvalue weighted by molar-refractivity contribution is -0.108. The summed E-state index contributed by atoms with van der Waals surface area (Å²) < 4.78 is 26.6. The van der Waals surface area contributed by atoms with Crippen molar-refractivity contribution in [3.8, 4) is 0 Å². The van der Waals surface area contributed by atoms with Gasteiger partial charge in [0.1, 0.15) is 11.1 Å². The molecule has 23 heavy (non-hydrogen) atoms. The third-order valence-electron chi connectivity index (χ3n) is 3.98. The molecular weight excluding hydrogens is 338 g/mol. The van der Waals surface area contributed by atoms with Crippen LogP contribution in [0.4, 0.5) is 5.69 Å². The minimum Gasteiger partial charge on any atom is -0.366 e. The van der Waals surface area contributed by atoms with E-state index in [1.165, 1.54) is 0 Å². The van der Waals surface area contributed by atoms with E-state index < -0.39 is 16.2 Å². The van der Waals surface area contributed by atoms with Crippen LogP contribution in [0.3, 0.4) is 0 Å². The molecule has 1 aliphatic heterocycles. The Morgan fingerprint density at radius 2 is 2.00 bits per heavy atom. The van der Waals surface area contributed by atoms with Gasteiger partial charge in [0.15, 0.2) is 0 Å². The molecule has 0 amide bonds. The standard InChI is InChI=1S/C15H24ClN3O3S/c1-5-18(6-2)7-8-22-19-12(4)17-14-10-13(16)11(3)9-15(14)23(19,20)21/h9-10,12,17H,5-8H2,1-4H3. The number of aryl methyl sites for hydroxylation is 1. The third-order valence-corrected chi connectivity index (χ3v) is 6.17. The van der Waals surface area contributed by atoms with Gasteiger partial charge in [-0.15, -0.1) is 0 Å². The van der Waals surface area contributed by atoms with E-state index in [0.29, 0.717) is 29.4 Å². The van der Waals surface area contributed by atoms with Crippen LogP contribution in [0.25, 0.3) is 0 Å². The van der Waals surface area contributed by atoms with Crippen molar-refractivity contribution in [2.45, 2.75) is 38.8 Å². The summed E-state index contributed by atoms with van der Waals surface area (Å²) in [6.07, 6.45) is -0.497. The van der Waals surface area contributed by atoms with Gasteiger partial charge in [-0.3, -0.25) is 4.84 Å². The predicted molar refractivity (Wildman–Crippen MR) is 92.0 cm³/mol. The molecule has 0 saturated heterocycles. The Bertz CT molecular complexity index is 662. The maximum Gasteiger partial charge on any atom is 0.269 e. The van der Waals surface area contributed by atoms with Crippen molar-refractivity contribution < 1.29 is 13.3 Å². The molecule has 0 bridgehead atoms. The van der Waals surface area contributed by atoms with Crippen molar-refractivity contribution in [3.05, 3.63) is 22.7 Å². The average Bonchev–Trinajstić information content (AvgIpc) is 2.49. The average molecular weight is 362 g/mol. The summed E-state index contributed by atoms with van der Waals surface area (Å²) in [5.74, 6) is 0. The van der Waals surface area contributed by atoms with Gasteiger partial charge in [0.25, 0.3) is 10.0 Å². The van der Waals surface area contributed by atoms with Gasteiger partial charge in [0.05, 0.1) is 12.3 Å². The van der Waals surface area contributed by atoms with E-state index >= 15 is 0 Å². The number of hydrogen-bond donors (Lipinski definition) is 1. The van der Waals surface area contributed by atoms with Crippen molar-refractivity contribution >= 4 is 27.3 Å². The predicted octanol–water partition coefficient (Wildman–Crippen LogP) is 2.68. The number of likely N-dealkylation sites (N-methyl/N-ethyl adjacent to an activating group) is 1. The minimum atomic E-state index is -3.71. The molecule has 1 aliphatic rings. The molecule has 1 unspecified atom stereocenters. The van der Waals surface area contributed by atoms with Crippen molar-refractivity contribution in [1.29, 1.82) is 0 Å². The van der Waals surface area contributed by atoms with Crippen LogP contribution in [0.5, 0.6) is 0 Å². The molecule has 6 nitrogen and oxygen atoms in total. The number of nitrogens with zero attached hydrogens (tertiary/aromatic N) is 2. The summed E-state index contributed by atoms with van der Waals surface area (Å²) in [5, 5.41) is 3.66. The quantitative estimate of drug-likeness (QED) is 0.844. The highest BCUT2D eigenvalue weighted by molar-refractivity contribution is 7.89. The zero-order valence-electron chi connectivity index (χ0n) is 14.0. The lowest BCUT2D eigenvalue weighted by atomic mass is 10.2. The van der Waals surface area contributed by atoms with Gasteiger partial charge < -0.3 is 10.2 Å². The van der Waals surface area contributed by atoms with Crippen LogP contribution in [-0.4, -0.2) is 50.2 Å². The molecule has 1 atom stereocenters. The maximum absolute atomic E-state index is 12.8. The van der Waals surface area contributed by atoms with Crippen LogP contribution in [0.15, 0.2) is 17.0 Å². The highest BCUT2D eigenvalue weighted by Gasteiger charge is 2.37. The molecule has 8 heteroatoms. The number of halogens is 1. The topological polar surface area (TPSA) is 61.9 Å². The van der Waals surface area contributed by atoms with Crippen LogP contribution in [0.2, 0.25) is 5.02 Å². The molecule has 0 saturated carbocycles. The lowest BCUT2D eigenvalue weighted by Gasteiger charge is -2.34. The van der Waals surface area contributed by atoms with Gasteiger partial charge in [-0.25, -0.2) is 8.42 Å². The largest absolute Gasteiger partial charge is 0.366 e. The molecule has 0 spiro atoms. The molecule has 2 rings (SSSR count). The van der Waals surface area contributed by atoms with Gasteiger partial charge in [0.2, 0.25) is 0 Å². The molecule has 130 valence electrons. The van der Waals surface area contributed by atoms with Crippen molar-refractivity contribution in [2.75, 3.05) is 31.6 Å². The van der Waals surface area contributed by atoms with E-state index in [2.05, 4.69) is 24.1 Å². The fourth-order valence-electron chi connectivity index (χ4n) is 2.54. The van der Waals surface area contributed by atoms with Gasteiger partial charge >= 0.3 is 0 Å². The Labute approximate surface area is 143 Å². The molecule has 0 fully saturated rings. The molecule has 1 N–H and O–H groups in total. The number of hydroxylamine groups is 1. The normalized spacial score (nSPS) is 20.3. The monoisotopic (exact) mass is 361 g/mol. The molecule has 0 aliphatic carbocycles. The van der Waals surface area contributed by atoms with Gasteiger partial charge in [-0.1, -0.05) is 29.9 Å². The second kappa shape index (κ2) is 7.36. The maximum atomic E-state index is 12.8. The Hall–Kier alpha value is -0.860. The highest BCUT2D eigenvalue weighted by atomic mass is 35.5. The Kier molecular flexibility index (Phi) is 5.91. The molecule has 1 aromatic rings. The number of benzene rings is 1. The molecule has 1 heterocycles. The first-order valence-corrected chi connectivity index (χ1v) is 9.59. The number of fused-ring (bicyclic) bond motifs is 1. The molecule has 0 aromatic heterocycles. The van der Waals surface area contributed by atoms with Crippen molar-refractivity contribution in [2.24, 2.45) is 0 Å². The molecule has 0 radical (unpaired) electrons. The summed E-state index contributed by atoms with van der Waals surface area (Å²) in [7, 11) is -3.71. The van der Waals surface area contributed by atoms with E-state index in [9.17, 15) is 8.42 Å². The number of hydrogen-bond acceptors (Lipinski definition) is 5. The summed E-state index contributed by atoms with van der Waals surface area (Å²) in [4.78, 5) is 7.95. The highest BCUT2D eigenvalue weighted by Crippen LogP contribution is 2.35. The number of rotatable bonds is 6. The third kappa shape index (κ3) is 3.80. The van der Waals surface area contributed by atoms with Gasteiger partial charge in [-0.2, -0.15) is 0 Å². The van der Waals surface area contributed by atoms with E-state index in [1.54, 1.807) is 26.0 Å². The smallest absolute Gasteiger partial charge is 0.269 e. The van der Waals surface area contributed by atoms with Crippen LogP contribution in [0, 0.1) is 6.92 Å². The number of anilines is 1. The zero-order chi connectivity index (χ0) is 17.2. The lowest BCUT2D eigenvalue weighted by Crippen LogP contribution is -2.47. The van der Waals surface area contributed by atoms with E-state index in [0.717, 1.165) is 17.6 Å². The van der Waals surface area contributed by atoms with Gasteiger partial charge in [-0.05, 0) is 44.6 Å². The number of nitrogens with one attached hydrogen (secondary N) is 1. The second-order valence-electron chi connectivity index (χ2n) is 5.54. The van der Waals surface area contributed by atoms with Crippen molar-refractivity contribution in [1.82, 2.24) is 9.37 Å². The Morgan fingerprint density at radius 1 is 1.35 bits per heavy atom. The SMILES string of the molecule is CCN(CC)CCON1C(C)Nc2cc(Cl)c(C)cc2S1(=O)=O. The van der Waals surface area contributed by atoms with Crippen LogP contribution in [0.1, 0.15) is 26.3 Å².